The van der Waals surface area contributed by atoms with Gasteiger partial charge in [-0.2, -0.15) is 20.7 Å². The quantitative estimate of drug-likeness (QED) is 0.172. The number of benzene rings is 2. The van der Waals surface area contributed by atoms with Crippen molar-refractivity contribution in [2.45, 2.75) is 37.5 Å². The maximum absolute atomic E-state index is 14.7. The molecule has 10 rings (SSSR count). The third-order valence-corrected chi connectivity index (χ3v) is 11.6. The van der Waals surface area contributed by atoms with Gasteiger partial charge in [-0.3, -0.25) is 9.59 Å². The molecule has 0 spiro atoms. The first-order valence-corrected chi connectivity index (χ1v) is 20.1. The van der Waals surface area contributed by atoms with Crippen LogP contribution in [0.25, 0.3) is 33.9 Å². The first kappa shape index (κ1) is 41.7. The number of aliphatic hydroxyl groups is 2. The van der Waals surface area contributed by atoms with Crippen LogP contribution in [-0.2, 0) is 22.6 Å². The Morgan fingerprint density at radius 2 is 1.08 bits per heavy atom. The summed E-state index contributed by atoms with van der Waals surface area (Å²) in [4.78, 5) is 37.7. The molecular formula is C44H38F2N12O6. The Morgan fingerprint density at radius 3 is 1.45 bits per heavy atom. The van der Waals surface area contributed by atoms with Crippen molar-refractivity contribution in [1.82, 2.24) is 40.2 Å². The van der Waals surface area contributed by atoms with E-state index in [9.17, 15) is 39.1 Å². The number of aliphatic hydroxyl groups excluding tert-OH is 2. The molecule has 2 saturated heterocycles. The Labute approximate surface area is 363 Å². The van der Waals surface area contributed by atoms with Crippen molar-refractivity contribution in [2.75, 3.05) is 50.2 Å². The van der Waals surface area contributed by atoms with Gasteiger partial charge < -0.3 is 40.1 Å². The molecule has 4 N–H and O–H groups in total. The molecule has 20 heteroatoms. The SMILES string of the molecule is CO[C@@H]1CN(c2ccn(-c3cc(-c4c(F)cccc4C#N)nc4c3C(=O)NC4)n2)C[C@@H]1O.CO[C@H]1CN(c2ccn(-c3cc(-c4c(F)cccc4C#N)nc4c3C(=O)NC4)n2)C[C@H]1O. The number of nitrogens with zero attached hydrogens (tertiary/aromatic N) is 10. The number of hydrogen-bond donors (Lipinski definition) is 4. The van der Waals surface area contributed by atoms with Gasteiger partial charge >= 0.3 is 0 Å². The van der Waals surface area contributed by atoms with E-state index in [1.165, 1.54) is 45.8 Å². The van der Waals surface area contributed by atoms with Crippen LogP contribution < -0.4 is 20.4 Å². The zero-order chi connectivity index (χ0) is 44.8. The summed E-state index contributed by atoms with van der Waals surface area (Å²) in [7, 11) is 3.10. The van der Waals surface area contributed by atoms with Crippen LogP contribution in [0.3, 0.4) is 0 Å². The average molecular weight is 869 g/mol. The number of nitriles is 2. The van der Waals surface area contributed by atoms with Crippen molar-refractivity contribution in [3.63, 3.8) is 0 Å². The fourth-order valence-corrected chi connectivity index (χ4v) is 8.38. The van der Waals surface area contributed by atoms with Gasteiger partial charge in [-0.15, -0.1) is 0 Å². The molecule has 18 nitrogen and oxygen atoms in total. The Balaban J connectivity index is 0.000000162. The highest BCUT2D eigenvalue weighted by molar-refractivity contribution is 6.02. The van der Waals surface area contributed by atoms with Crippen molar-refractivity contribution < 1.29 is 38.1 Å². The third-order valence-electron chi connectivity index (χ3n) is 11.6. The van der Waals surface area contributed by atoms with Gasteiger partial charge in [0, 0.05) is 64.9 Å². The van der Waals surface area contributed by atoms with Gasteiger partial charge in [0.15, 0.2) is 11.6 Å². The topological polar surface area (TPSA) is 233 Å². The summed E-state index contributed by atoms with van der Waals surface area (Å²) in [6.45, 7) is 2.11. The highest BCUT2D eigenvalue weighted by Gasteiger charge is 2.35. The van der Waals surface area contributed by atoms with Gasteiger partial charge in [0.2, 0.25) is 0 Å². The van der Waals surface area contributed by atoms with E-state index in [4.69, 9.17) is 9.47 Å². The smallest absolute Gasteiger partial charge is 0.255 e. The molecule has 4 aliphatic heterocycles. The summed E-state index contributed by atoms with van der Waals surface area (Å²) < 4.78 is 43.0. The molecule has 0 unspecified atom stereocenters. The summed E-state index contributed by atoms with van der Waals surface area (Å²) in [5.74, 6) is -0.516. The molecule has 0 radical (unpaired) electrons. The van der Waals surface area contributed by atoms with Gasteiger partial charge in [0.25, 0.3) is 11.8 Å². The zero-order valence-corrected chi connectivity index (χ0v) is 34.2. The van der Waals surface area contributed by atoms with E-state index >= 15 is 0 Å². The van der Waals surface area contributed by atoms with E-state index in [0.717, 1.165) is 0 Å². The highest BCUT2D eigenvalue weighted by Crippen LogP contribution is 2.34. The molecule has 4 aromatic heterocycles. The molecule has 2 aromatic carbocycles. The number of rotatable bonds is 8. The number of halogens is 2. The molecule has 8 heterocycles. The first-order valence-electron chi connectivity index (χ1n) is 20.1. The van der Waals surface area contributed by atoms with Gasteiger partial charge in [0.1, 0.15) is 23.8 Å². The lowest BCUT2D eigenvalue weighted by Gasteiger charge is -2.15. The number of nitrogens with one attached hydrogen (secondary N) is 2. The number of methoxy groups -OCH3 is 2. The Kier molecular flexibility index (Phi) is 11.0. The standard InChI is InChI=1S/2C22H19FN6O3/c2*1-32-18-11-28(10-17(18)30)19-5-6-29(27-19)16-7-14(26-15-9-25-22(31)21(15)16)20-12(8-24)3-2-4-13(20)23/h2*2-7,17-18,30H,9-11H2,1H3,(H,25,31)/t2*17-,18+/m10/s1. The van der Waals surface area contributed by atoms with Crippen molar-refractivity contribution in [3.05, 3.63) is 118 Å². The molecule has 2 fully saturated rings. The lowest BCUT2D eigenvalue weighted by molar-refractivity contribution is 0.0217. The van der Waals surface area contributed by atoms with Crippen molar-refractivity contribution in [2.24, 2.45) is 0 Å². The van der Waals surface area contributed by atoms with Gasteiger partial charge in [-0.25, -0.2) is 28.1 Å². The second kappa shape index (κ2) is 16.9. The van der Waals surface area contributed by atoms with Crippen molar-refractivity contribution in [3.8, 4) is 46.0 Å². The number of carbonyl (C=O) groups is 2. The normalized spacial score (nSPS) is 19.7. The number of hydrogen-bond acceptors (Lipinski definition) is 14. The van der Waals surface area contributed by atoms with Crippen molar-refractivity contribution in [1.29, 1.82) is 10.5 Å². The van der Waals surface area contributed by atoms with E-state index < -0.39 is 23.8 Å². The first-order chi connectivity index (χ1) is 31.0. The lowest BCUT2D eigenvalue weighted by atomic mass is 10.0. The molecule has 324 valence electrons. The number of amides is 2. The van der Waals surface area contributed by atoms with Crippen molar-refractivity contribution >= 4 is 23.5 Å². The summed E-state index contributed by atoms with van der Waals surface area (Å²) in [6.07, 6.45) is 1.51. The van der Waals surface area contributed by atoms with E-state index in [1.807, 2.05) is 21.9 Å². The van der Waals surface area contributed by atoms with E-state index in [0.29, 0.717) is 71.7 Å². The minimum absolute atomic E-state index is 0.0800. The van der Waals surface area contributed by atoms with Crippen LogP contribution in [0.4, 0.5) is 20.4 Å². The number of anilines is 2. The summed E-state index contributed by atoms with van der Waals surface area (Å²) in [6, 6.07) is 19.2. The van der Waals surface area contributed by atoms with Gasteiger partial charge in [-0.05, 0) is 36.4 Å². The molecule has 0 aliphatic carbocycles. The number of pyridine rings is 2. The van der Waals surface area contributed by atoms with Crippen LogP contribution in [0.1, 0.15) is 43.2 Å². The fourth-order valence-electron chi connectivity index (χ4n) is 8.38. The average Bonchev–Trinajstić information content (AvgIpc) is 4.17. The molecule has 4 aliphatic rings. The lowest BCUT2D eigenvalue weighted by Crippen LogP contribution is -2.25. The summed E-state index contributed by atoms with van der Waals surface area (Å²) in [5.41, 5.74) is 3.46. The monoisotopic (exact) mass is 868 g/mol. The predicted octanol–water partition coefficient (Wildman–Crippen LogP) is 2.77. The second-order valence-corrected chi connectivity index (χ2v) is 15.3. The van der Waals surface area contributed by atoms with Crippen LogP contribution in [0, 0.1) is 34.3 Å². The summed E-state index contributed by atoms with van der Waals surface area (Å²) >= 11 is 0. The number of carbonyl (C=O) groups excluding carboxylic acids is 2. The zero-order valence-electron chi connectivity index (χ0n) is 34.2. The van der Waals surface area contributed by atoms with Crippen LogP contribution >= 0.6 is 0 Å². The molecular weight excluding hydrogens is 831 g/mol. The van der Waals surface area contributed by atoms with Crippen LogP contribution in [0.15, 0.2) is 73.1 Å². The maximum Gasteiger partial charge on any atom is 0.255 e. The highest BCUT2D eigenvalue weighted by atomic mass is 19.1. The second-order valence-electron chi connectivity index (χ2n) is 15.3. The van der Waals surface area contributed by atoms with Crippen LogP contribution in [0.2, 0.25) is 0 Å². The van der Waals surface area contributed by atoms with E-state index in [1.54, 1.807) is 50.9 Å². The largest absolute Gasteiger partial charge is 0.388 e. The molecule has 2 amide bonds. The Bertz CT molecular complexity index is 2730. The molecule has 64 heavy (non-hydrogen) atoms. The maximum atomic E-state index is 14.7. The van der Waals surface area contributed by atoms with Crippen LogP contribution in [-0.4, -0.2) is 116 Å². The fraction of sp³-hybridized carbons (Fsp3) is 0.273. The number of ether oxygens (including phenoxy) is 2. The van der Waals surface area contributed by atoms with E-state index in [2.05, 4.69) is 30.8 Å². The predicted molar refractivity (Wildman–Crippen MR) is 223 cm³/mol. The Hall–Kier alpha value is -7.62. The number of β-amino-alcohol motifs (C(OH)–C–C–N with tert-alkyl or cyclic N) is 2. The van der Waals surface area contributed by atoms with Gasteiger partial charge in [0.05, 0.1) is 105 Å². The molecule has 0 saturated carbocycles. The number of aromatic nitrogens is 6. The molecule has 6 aromatic rings. The van der Waals surface area contributed by atoms with Crippen LogP contribution in [0.5, 0.6) is 0 Å². The number of fused-ring (bicyclic) bond motifs is 2. The minimum Gasteiger partial charge on any atom is -0.388 e. The van der Waals surface area contributed by atoms with Gasteiger partial charge in [-0.1, -0.05) is 12.1 Å². The third kappa shape index (κ3) is 7.43. The Morgan fingerprint density at radius 1 is 0.656 bits per heavy atom. The molecule has 4 atom stereocenters. The summed E-state index contributed by atoms with van der Waals surface area (Å²) in [5, 5.41) is 53.8. The molecule has 0 bridgehead atoms. The van der Waals surface area contributed by atoms with E-state index in [-0.39, 0.29) is 70.8 Å². The minimum atomic E-state index is -0.627.